The van der Waals surface area contributed by atoms with E-state index in [1.54, 1.807) is 18.3 Å². The maximum atomic E-state index is 13.1. The van der Waals surface area contributed by atoms with Crippen LogP contribution in [0.2, 0.25) is 0 Å². The van der Waals surface area contributed by atoms with Crippen LogP contribution < -0.4 is 5.32 Å². The number of nitrogens with one attached hydrogen (secondary N) is 1. The maximum absolute atomic E-state index is 13.1. The van der Waals surface area contributed by atoms with Crippen LogP contribution in [-0.2, 0) is 9.53 Å². The number of nitrogens with zero attached hydrogens (tertiary/aromatic N) is 2. The molecular formula is C25H37N3O4. The first-order chi connectivity index (χ1) is 15.3. The normalized spacial score (nSPS) is 36.1. The van der Waals surface area contributed by atoms with E-state index in [9.17, 15) is 14.7 Å². The molecule has 2 saturated carbocycles. The topological polar surface area (TPSA) is 91.8 Å². The van der Waals surface area contributed by atoms with Gasteiger partial charge in [-0.2, -0.15) is 0 Å². The molecule has 1 aliphatic heterocycles. The van der Waals surface area contributed by atoms with Gasteiger partial charge < -0.3 is 20.1 Å². The fraction of sp³-hybridized carbons (Fsp3) is 0.720. The highest BCUT2D eigenvalue weighted by atomic mass is 16.5. The number of fused-ring (bicyclic) bond motifs is 1. The average Bonchev–Trinajstić information content (AvgIpc) is 2.81. The summed E-state index contributed by atoms with van der Waals surface area (Å²) in [6.07, 6.45) is 4.79. The molecule has 4 rings (SSSR count). The summed E-state index contributed by atoms with van der Waals surface area (Å²) in [6.45, 7) is 8.82. The van der Waals surface area contributed by atoms with Crippen molar-refractivity contribution < 1.29 is 19.4 Å². The lowest BCUT2D eigenvalue weighted by molar-refractivity contribution is -0.153. The monoisotopic (exact) mass is 443 g/mol. The second kappa shape index (κ2) is 9.48. The van der Waals surface area contributed by atoms with Gasteiger partial charge in [0.05, 0.1) is 19.3 Å². The molecule has 2 amide bonds. The predicted molar refractivity (Wildman–Crippen MR) is 121 cm³/mol. The standard InChI is InChI=1S/C25H37N3O4/c1-16(24(31)28-12-14-32-15-13-28)18-7-9-25(3)10-8-19(17(2)21(25)22(18)29)27-23(30)20-6-4-5-11-26-20/h4-6,11,16-19,21-22,29H,7-10,12-15H2,1-3H3,(H,27,30)/t16-,17+,18?,19-,21+,22-,25-/m0/s1. The molecule has 2 heterocycles. The van der Waals surface area contributed by atoms with E-state index in [0.717, 1.165) is 25.7 Å². The van der Waals surface area contributed by atoms with Crippen molar-refractivity contribution in [2.45, 2.75) is 58.6 Å². The molecule has 1 aromatic heterocycles. The Morgan fingerprint density at radius 1 is 1.25 bits per heavy atom. The molecule has 1 unspecified atom stereocenters. The molecule has 2 N–H and O–H groups in total. The number of hydrogen-bond acceptors (Lipinski definition) is 5. The zero-order chi connectivity index (χ0) is 22.9. The first-order valence-corrected chi connectivity index (χ1v) is 12.1. The average molecular weight is 444 g/mol. The highest BCUT2D eigenvalue weighted by Gasteiger charge is 2.54. The van der Waals surface area contributed by atoms with E-state index in [0.29, 0.717) is 32.0 Å². The van der Waals surface area contributed by atoms with Crippen LogP contribution >= 0.6 is 0 Å². The van der Waals surface area contributed by atoms with E-state index in [-0.39, 0.29) is 46.9 Å². The van der Waals surface area contributed by atoms with Crippen LogP contribution in [0.5, 0.6) is 0 Å². The minimum Gasteiger partial charge on any atom is -0.392 e. The van der Waals surface area contributed by atoms with E-state index < -0.39 is 6.10 Å². The molecular weight excluding hydrogens is 406 g/mol. The van der Waals surface area contributed by atoms with Gasteiger partial charge in [-0.1, -0.05) is 26.8 Å². The van der Waals surface area contributed by atoms with Crippen molar-refractivity contribution in [1.82, 2.24) is 15.2 Å². The fourth-order valence-electron chi connectivity index (χ4n) is 6.49. The summed E-state index contributed by atoms with van der Waals surface area (Å²) < 4.78 is 5.39. The Kier molecular flexibility index (Phi) is 6.86. The van der Waals surface area contributed by atoms with E-state index in [4.69, 9.17) is 4.74 Å². The van der Waals surface area contributed by atoms with Crippen LogP contribution in [0.25, 0.3) is 0 Å². The number of aliphatic hydroxyl groups is 1. The van der Waals surface area contributed by atoms with Crippen molar-refractivity contribution in [2.24, 2.45) is 29.1 Å². The van der Waals surface area contributed by atoms with Gasteiger partial charge >= 0.3 is 0 Å². The first-order valence-electron chi connectivity index (χ1n) is 12.1. The summed E-state index contributed by atoms with van der Waals surface area (Å²) in [5.74, 6) is -0.151. The van der Waals surface area contributed by atoms with Gasteiger partial charge in [0.15, 0.2) is 0 Å². The van der Waals surface area contributed by atoms with Crippen molar-refractivity contribution in [3.05, 3.63) is 30.1 Å². The Hall–Kier alpha value is -1.99. The molecule has 0 radical (unpaired) electrons. The summed E-state index contributed by atoms with van der Waals surface area (Å²) in [7, 11) is 0. The molecule has 7 heteroatoms. The van der Waals surface area contributed by atoms with E-state index >= 15 is 0 Å². The van der Waals surface area contributed by atoms with Crippen LogP contribution in [0.1, 0.15) is 56.9 Å². The van der Waals surface area contributed by atoms with Gasteiger partial charge in [-0.3, -0.25) is 14.6 Å². The molecule has 0 bridgehead atoms. The van der Waals surface area contributed by atoms with E-state index in [1.165, 1.54) is 0 Å². The van der Waals surface area contributed by atoms with Gasteiger partial charge in [-0.05, 0) is 61.0 Å². The van der Waals surface area contributed by atoms with Crippen LogP contribution in [0, 0.1) is 29.1 Å². The number of aromatic nitrogens is 1. The quantitative estimate of drug-likeness (QED) is 0.746. The number of morpholine rings is 1. The zero-order valence-corrected chi connectivity index (χ0v) is 19.5. The second-order valence-electron chi connectivity index (χ2n) is 10.3. The van der Waals surface area contributed by atoms with Gasteiger partial charge in [0.1, 0.15) is 5.69 Å². The fourth-order valence-corrected chi connectivity index (χ4v) is 6.49. The number of hydrogen-bond donors (Lipinski definition) is 2. The number of carbonyl (C=O) groups excluding carboxylic acids is 2. The van der Waals surface area contributed by atoms with Gasteiger partial charge in [0.25, 0.3) is 5.91 Å². The number of ether oxygens (including phenoxy) is 1. The Bertz CT molecular complexity index is 813. The Morgan fingerprint density at radius 3 is 2.66 bits per heavy atom. The molecule has 0 aromatic carbocycles. The van der Waals surface area contributed by atoms with Gasteiger partial charge in [-0.15, -0.1) is 0 Å². The number of rotatable bonds is 4. The van der Waals surface area contributed by atoms with E-state index in [2.05, 4.69) is 24.1 Å². The Balaban J connectivity index is 1.47. The molecule has 32 heavy (non-hydrogen) atoms. The van der Waals surface area contributed by atoms with Crippen LogP contribution in [0.15, 0.2) is 24.4 Å². The molecule has 3 aliphatic rings. The Labute approximate surface area is 190 Å². The third kappa shape index (κ3) is 4.42. The van der Waals surface area contributed by atoms with E-state index in [1.807, 2.05) is 17.9 Å². The molecule has 176 valence electrons. The lowest BCUT2D eigenvalue weighted by Crippen LogP contribution is -2.59. The summed E-state index contributed by atoms with van der Waals surface area (Å²) in [4.78, 5) is 31.9. The number of amides is 2. The highest BCUT2D eigenvalue weighted by Crippen LogP contribution is 2.55. The highest BCUT2D eigenvalue weighted by molar-refractivity contribution is 5.92. The molecule has 7 nitrogen and oxygen atoms in total. The van der Waals surface area contributed by atoms with Gasteiger partial charge in [-0.25, -0.2) is 0 Å². The number of carbonyl (C=O) groups is 2. The molecule has 7 atom stereocenters. The van der Waals surface area contributed by atoms with Crippen molar-refractivity contribution in [3.8, 4) is 0 Å². The summed E-state index contributed by atoms with van der Waals surface area (Å²) in [6, 6.07) is 5.31. The number of aliphatic hydroxyl groups excluding tert-OH is 1. The molecule has 1 saturated heterocycles. The van der Waals surface area contributed by atoms with Crippen LogP contribution in [-0.4, -0.2) is 65.3 Å². The molecule has 0 spiro atoms. The summed E-state index contributed by atoms with van der Waals surface area (Å²) in [5, 5.41) is 14.7. The lowest BCUT2D eigenvalue weighted by Gasteiger charge is -2.56. The summed E-state index contributed by atoms with van der Waals surface area (Å²) in [5.41, 5.74) is 0.448. The minimum atomic E-state index is -0.557. The second-order valence-corrected chi connectivity index (χ2v) is 10.3. The van der Waals surface area contributed by atoms with Gasteiger partial charge in [0.2, 0.25) is 5.91 Å². The first kappa shape index (κ1) is 23.2. The third-order valence-electron chi connectivity index (χ3n) is 8.46. The maximum Gasteiger partial charge on any atom is 0.270 e. The van der Waals surface area contributed by atoms with Gasteiger partial charge in [0, 0.05) is 31.2 Å². The van der Waals surface area contributed by atoms with Crippen molar-refractivity contribution in [3.63, 3.8) is 0 Å². The SMILES string of the molecule is C[C@H]1[C@@H]2[C@@H](O)C([C@H](C)C(=O)N3CCOCC3)CC[C@@]2(C)CC[C@@H]1NC(=O)c1ccccn1. The van der Waals surface area contributed by atoms with Crippen molar-refractivity contribution in [2.75, 3.05) is 26.3 Å². The molecule has 3 fully saturated rings. The largest absolute Gasteiger partial charge is 0.392 e. The van der Waals surface area contributed by atoms with Crippen LogP contribution in [0.4, 0.5) is 0 Å². The number of pyridine rings is 1. The minimum absolute atomic E-state index is 0.0127. The smallest absolute Gasteiger partial charge is 0.270 e. The molecule has 2 aliphatic carbocycles. The zero-order valence-electron chi connectivity index (χ0n) is 19.5. The predicted octanol–water partition coefficient (Wildman–Crippen LogP) is 2.50. The van der Waals surface area contributed by atoms with Crippen LogP contribution in [0.3, 0.4) is 0 Å². The van der Waals surface area contributed by atoms with Crippen molar-refractivity contribution >= 4 is 11.8 Å². The molecule has 1 aromatic rings. The Morgan fingerprint density at radius 2 is 1.97 bits per heavy atom. The van der Waals surface area contributed by atoms with Crippen molar-refractivity contribution in [1.29, 1.82) is 0 Å². The lowest BCUT2D eigenvalue weighted by atomic mass is 9.51. The third-order valence-corrected chi connectivity index (χ3v) is 8.46. The summed E-state index contributed by atoms with van der Waals surface area (Å²) >= 11 is 0.